The van der Waals surface area contributed by atoms with E-state index in [0.29, 0.717) is 25.2 Å². The van der Waals surface area contributed by atoms with Crippen molar-refractivity contribution in [2.24, 2.45) is 0 Å². The van der Waals surface area contributed by atoms with Crippen molar-refractivity contribution in [3.63, 3.8) is 0 Å². The molecule has 1 aliphatic rings. The number of rotatable bonds is 2. The van der Waals surface area contributed by atoms with E-state index in [1.807, 2.05) is 0 Å². The van der Waals surface area contributed by atoms with Crippen molar-refractivity contribution in [1.29, 1.82) is 0 Å². The number of sulfonamides is 1. The van der Waals surface area contributed by atoms with E-state index in [-0.39, 0.29) is 4.90 Å². The number of benzene rings is 1. The molecular formula is C12H17FN2O2S. The highest BCUT2D eigenvalue weighted by molar-refractivity contribution is 7.89. The molecule has 1 aromatic rings. The van der Waals surface area contributed by atoms with Crippen LogP contribution >= 0.6 is 0 Å². The summed E-state index contributed by atoms with van der Waals surface area (Å²) in [4.78, 5) is -0.218. The molecule has 0 atom stereocenters. The Kier molecular flexibility index (Phi) is 3.99. The van der Waals surface area contributed by atoms with E-state index < -0.39 is 15.8 Å². The van der Waals surface area contributed by atoms with Crippen LogP contribution in [0, 0.1) is 12.7 Å². The Bertz CT molecular complexity index is 523. The van der Waals surface area contributed by atoms with Crippen molar-refractivity contribution in [3.8, 4) is 0 Å². The van der Waals surface area contributed by atoms with Gasteiger partial charge in [0.05, 0.1) is 0 Å². The first-order valence-corrected chi connectivity index (χ1v) is 7.43. The van der Waals surface area contributed by atoms with Crippen molar-refractivity contribution in [1.82, 2.24) is 9.62 Å². The van der Waals surface area contributed by atoms with Crippen LogP contribution in [0.1, 0.15) is 12.0 Å². The normalized spacial score (nSPS) is 18.6. The van der Waals surface area contributed by atoms with Gasteiger partial charge in [0, 0.05) is 19.6 Å². The van der Waals surface area contributed by atoms with E-state index in [9.17, 15) is 12.8 Å². The summed E-state index contributed by atoms with van der Waals surface area (Å²) in [6.07, 6.45) is 0.743. The van der Waals surface area contributed by atoms with Crippen LogP contribution in [-0.4, -0.2) is 38.9 Å². The largest absolute Gasteiger partial charge is 0.315 e. The third kappa shape index (κ3) is 2.55. The molecular weight excluding hydrogens is 255 g/mol. The monoisotopic (exact) mass is 272 g/mol. The van der Waals surface area contributed by atoms with Crippen molar-refractivity contribution in [3.05, 3.63) is 29.6 Å². The molecule has 0 spiro atoms. The van der Waals surface area contributed by atoms with Gasteiger partial charge >= 0.3 is 0 Å². The van der Waals surface area contributed by atoms with Crippen LogP contribution in [0.3, 0.4) is 0 Å². The van der Waals surface area contributed by atoms with E-state index in [0.717, 1.165) is 13.0 Å². The highest BCUT2D eigenvalue weighted by Gasteiger charge is 2.28. The first-order chi connectivity index (χ1) is 8.53. The quantitative estimate of drug-likeness (QED) is 0.877. The van der Waals surface area contributed by atoms with Gasteiger partial charge in [0.1, 0.15) is 10.7 Å². The fraction of sp³-hybridized carbons (Fsp3) is 0.500. The zero-order valence-corrected chi connectivity index (χ0v) is 11.1. The number of aryl methyl sites for hydroxylation is 1. The second kappa shape index (κ2) is 5.34. The summed E-state index contributed by atoms with van der Waals surface area (Å²) < 4.78 is 40.0. The third-order valence-electron chi connectivity index (χ3n) is 3.07. The molecule has 1 fully saturated rings. The Labute approximate surface area is 107 Å². The summed E-state index contributed by atoms with van der Waals surface area (Å²) in [5.41, 5.74) is 0.351. The molecule has 18 heavy (non-hydrogen) atoms. The molecule has 0 aliphatic carbocycles. The summed E-state index contributed by atoms with van der Waals surface area (Å²) in [7, 11) is -3.72. The molecule has 2 rings (SSSR count). The fourth-order valence-electron chi connectivity index (χ4n) is 2.02. The molecule has 1 aliphatic heterocycles. The molecule has 1 N–H and O–H groups in total. The van der Waals surface area contributed by atoms with Gasteiger partial charge in [-0.25, -0.2) is 12.8 Å². The minimum atomic E-state index is -3.72. The molecule has 0 radical (unpaired) electrons. The van der Waals surface area contributed by atoms with Gasteiger partial charge in [0.15, 0.2) is 0 Å². The maximum absolute atomic E-state index is 13.9. The predicted molar refractivity (Wildman–Crippen MR) is 67.4 cm³/mol. The molecule has 6 heteroatoms. The Balaban J connectivity index is 2.38. The maximum Gasteiger partial charge on any atom is 0.246 e. The van der Waals surface area contributed by atoms with Gasteiger partial charge in [0.25, 0.3) is 0 Å². The van der Waals surface area contributed by atoms with Gasteiger partial charge < -0.3 is 5.32 Å². The van der Waals surface area contributed by atoms with Crippen LogP contribution in [0.15, 0.2) is 23.1 Å². The Morgan fingerprint density at radius 2 is 2.06 bits per heavy atom. The first kappa shape index (κ1) is 13.5. The van der Waals surface area contributed by atoms with E-state index in [2.05, 4.69) is 5.32 Å². The van der Waals surface area contributed by atoms with Crippen LogP contribution in [-0.2, 0) is 10.0 Å². The lowest BCUT2D eigenvalue weighted by Crippen LogP contribution is -2.34. The van der Waals surface area contributed by atoms with Crippen molar-refractivity contribution < 1.29 is 12.8 Å². The maximum atomic E-state index is 13.9. The average Bonchev–Trinajstić information content (AvgIpc) is 2.61. The van der Waals surface area contributed by atoms with Crippen molar-refractivity contribution in [2.75, 3.05) is 26.2 Å². The van der Waals surface area contributed by atoms with E-state index in [4.69, 9.17) is 0 Å². The van der Waals surface area contributed by atoms with Gasteiger partial charge in [-0.3, -0.25) is 0 Å². The highest BCUT2D eigenvalue weighted by atomic mass is 32.2. The van der Waals surface area contributed by atoms with Crippen LogP contribution in [0.5, 0.6) is 0 Å². The molecule has 0 amide bonds. The number of nitrogens with one attached hydrogen (secondary N) is 1. The molecule has 0 unspecified atom stereocenters. The summed E-state index contributed by atoms with van der Waals surface area (Å²) >= 11 is 0. The summed E-state index contributed by atoms with van der Waals surface area (Å²) in [6.45, 7) is 3.78. The first-order valence-electron chi connectivity index (χ1n) is 5.99. The summed E-state index contributed by atoms with van der Waals surface area (Å²) in [6, 6.07) is 4.47. The van der Waals surface area contributed by atoms with Crippen molar-refractivity contribution in [2.45, 2.75) is 18.2 Å². The van der Waals surface area contributed by atoms with Crippen LogP contribution in [0.2, 0.25) is 0 Å². The second-order valence-electron chi connectivity index (χ2n) is 4.39. The standard InChI is InChI=1S/C12H17FN2O2S/c1-10-4-2-5-11(12(10)13)18(16,17)15-8-3-6-14-7-9-15/h2,4-5,14H,3,6-9H2,1H3. The van der Waals surface area contributed by atoms with Gasteiger partial charge in [-0.05, 0) is 31.5 Å². The SMILES string of the molecule is Cc1cccc(S(=O)(=O)N2CCCNCC2)c1F. The number of hydrogen-bond acceptors (Lipinski definition) is 3. The predicted octanol–water partition coefficient (Wildman–Crippen LogP) is 1.12. The average molecular weight is 272 g/mol. The third-order valence-corrected chi connectivity index (χ3v) is 4.99. The minimum Gasteiger partial charge on any atom is -0.315 e. The lowest BCUT2D eigenvalue weighted by Gasteiger charge is -2.20. The van der Waals surface area contributed by atoms with Crippen LogP contribution in [0.25, 0.3) is 0 Å². The van der Waals surface area contributed by atoms with Gasteiger partial charge in [-0.15, -0.1) is 0 Å². The molecule has 100 valence electrons. The van der Waals surface area contributed by atoms with Gasteiger partial charge in [-0.1, -0.05) is 12.1 Å². The lowest BCUT2D eigenvalue weighted by atomic mass is 10.2. The topological polar surface area (TPSA) is 49.4 Å². The minimum absolute atomic E-state index is 0.218. The van der Waals surface area contributed by atoms with E-state index in [1.165, 1.54) is 10.4 Å². The lowest BCUT2D eigenvalue weighted by molar-refractivity contribution is 0.427. The van der Waals surface area contributed by atoms with Crippen molar-refractivity contribution >= 4 is 10.0 Å². The Morgan fingerprint density at radius 3 is 2.83 bits per heavy atom. The molecule has 1 saturated heterocycles. The second-order valence-corrected chi connectivity index (χ2v) is 6.30. The molecule has 1 aromatic carbocycles. The van der Waals surface area contributed by atoms with E-state index in [1.54, 1.807) is 19.1 Å². The van der Waals surface area contributed by atoms with Crippen LogP contribution in [0.4, 0.5) is 4.39 Å². The Hall–Kier alpha value is -0.980. The zero-order chi connectivity index (χ0) is 13.2. The number of nitrogens with zero attached hydrogens (tertiary/aromatic N) is 1. The fourth-order valence-corrected chi connectivity index (χ4v) is 3.64. The van der Waals surface area contributed by atoms with Gasteiger partial charge in [-0.2, -0.15) is 4.31 Å². The molecule has 4 nitrogen and oxygen atoms in total. The highest BCUT2D eigenvalue weighted by Crippen LogP contribution is 2.21. The molecule has 0 bridgehead atoms. The van der Waals surface area contributed by atoms with Crippen LogP contribution < -0.4 is 5.32 Å². The van der Waals surface area contributed by atoms with Gasteiger partial charge in [0.2, 0.25) is 10.0 Å². The summed E-state index contributed by atoms with van der Waals surface area (Å²) in [5, 5.41) is 3.13. The smallest absolute Gasteiger partial charge is 0.246 e. The number of halogens is 1. The molecule has 1 heterocycles. The van der Waals surface area contributed by atoms with E-state index >= 15 is 0 Å². The number of hydrogen-bond donors (Lipinski definition) is 1. The molecule has 0 saturated carbocycles. The summed E-state index contributed by atoms with van der Waals surface area (Å²) in [5.74, 6) is -0.644. The molecule has 0 aromatic heterocycles. The Morgan fingerprint density at radius 1 is 1.28 bits per heavy atom. The zero-order valence-electron chi connectivity index (χ0n) is 10.3.